The number of alkyl halides is 3. The number of aromatic amines is 1. The molecular weight excluding hydrogens is 513 g/mol. The van der Waals surface area contributed by atoms with Crippen molar-refractivity contribution in [2.75, 3.05) is 18.6 Å². The predicted octanol–water partition coefficient (Wildman–Crippen LogP) is 4.19. The predicted molar refractivity (Wildman–Crippen MR) is 137 cm³/mol. The van der Waals surface area contributed by atoms with Gasteiger partial charge in [0.25, 0.3) is 0 Å². The molecule has 9 nitrogen and oxygen atoms in total. The summed E-state index contributed by atoms with van der Waals surface area (Å²) in [7, 11) is 1.19. The standard InChI is InChI=1S/C27H27F3N6O3/c1-5-32-15(2)11-18-12-17(14-31)9-10-21(18)23-22(24(37)39-4)16(3)35(25-33-34-26(38)36(23)25)20-8-6-7-19(13-20)27(28,29)30/h6-10,12-13,15,23,32H,5,11H2,1-4H3,(H,34,38)/t15?,23-/m1/s1. The molecule has 0 fully saturated rings. The van der Waals surface area contributed by atoms with Gasteiger partial charge in [0.15, 0.2) is 0 Å². The van der Waals surface area contributed by atoms with E-state index >= 15 is 0 Å². The number of aromatic nitrogens is 3. The highest BCUT2D eigenvalue weighted by Gasteiger charge is 2.41. The average Bonchev–Trinajstić information content (AvgIpc) is 3.28. The monoisotopic (exact) mass is 540 g/mol. The molecule has 1 unspecified atom stereocenters. The van der Waals surface area contributed by atoms with Crippen LogP contribution in [-0.4, -0.2) is 40.4 Å². The van der Waals surface area contributed by atoms with Crippen molar-refractivity contribution in [3.63, 3.8) is 0 Å². The summed E-state index contributed by atoms with van der Waals surface area (Å²) < 4.78 is 46.9. The molecule has 2 N–H and O–H groups in total. The Morgan fingerprint density at radius 2 is 2.03 bits per heavy atom. The number of hydrogen-bond acceptors (Lipinski definition) is 7. The highest BCUT2D eigenvalue weighted by molar-refractivity contribution is 5.93. The number of H-pyrrole nitrogens is 1. The third-order valence-corrected chi connectivity index (χ3v) is 6.62. The Hall–Kier alpha value is -4.37. The number of halogens is 3. The molecule has 2 atom stereocenters. The molecule has 0 spiro atoms. The Bertz CT molecular complexity index is 1530. The number of allylic oxidation sites excluding steroid dienone is 1. The summed E-state index contributed by atoms with van der Waals surface area (Å²) in [6.45, 7) is 6.21. The van der Waals surface area contributed by atoms with Crippen molar-refractivity contribution >= 4 is 17.6 Å². The van der Waals surface area contributed by atoms with Gasteiger partial charge in [0.2, 0.25) is 5.95 Å². The summed E-state index contributed by atoms with van der Waals surface area (Å²) in [4.78, 5) is 27.8. The van der Waals surface area contributed by atoms with Crippen LogP contribution in [0.1, 0.15) is 49.1 Å². The number of nitriles is 1. The Kier molecular flexibility index (Phi) is 7.65. The van der Waals surface area contributed by atoms with E-state index in [0.717, 1.165) is 12.1 Å². The lowest BCUT2D eigenvalue weighted by Gasteiger charge is -2.36. The van der Waals surface area contributed by atoms with Crippen LogP contribution in [0.2, 0.25) is 0 Å². The molecule has 2 heterocycles. The maximum atomic E-state index is 13.5. The van der Waals surface area contributed by atoms with Crippen LogP contribution in [-0.2, 0) is 22.1 Å². The van der Waals surface area contributed by atoms with Gasteiger partial charge in [-0.1, -0.05) is 19.1 Å². The summed E-state index contributed by atoms with van der Waals surface area (Å²) in [5.41, 5.74) is 0.463. The van der Waals surface area contributed by atoms with Gasteiger partial charge in [-0.3, -0.25) is 4.90 Å². The van der Waals surface area contributed by atoms with Crippen LogP contribution in [0.4, 0.5) is 24.8 Å². The number of ether oxygens (including phenoxy) is 1. The number of likely N-dealkylation sites (N-methyl/N-ethyl adjacent to an activating group) is 1. The average molecular weight is 541 g/mol. The van der Waals surface area contributed by atoms with E-state index in [1.807, 2.05) is 13.8 Å². The molecule has 0 amide bonds. The number of methoxy groups -OCH3 is 1. The number of benzene rings is 2. The molecule has 2 aromatic carbocycles. The highest BCUT2D eigenvalue weighted by atomic mass is 19.4. The van der Waals surface area contributed by atoms with Gasteiger partial charge in [-0.2, -0.15) is 18.4 Å². The van der Waals surface area contributed by atoms with Crippen molar-refractivity contribution in [2.45, 2.75) is 45.5 Å². The quantitative estimate of drug-likeness (QED) is 0.432. The molecule has 12 heteroatoms. The van der Waals surface area contributed by atoms with Gasteiger partial charge in [-0.05, 0) is 68.3 Å². The number of carbonyl (C=O) groups is 1. The lowest BCUT2D eigenvalue weighted by atomic mass is 9.88. The van der Waals surface area contributed by atoms with E-state index in [0.29, 0.717) is 29.7 Å². The molecule has 1 aromatic heterocycles. The van der Waals surface area contributed by atoms with Crippen LogP contribution in [0.5, 0.6) is 0 Å². The van der Waals surface area contributed by atoms with Gasteiger partial charge >= 0.3 is 17.8 Å². The molecule has 4 rings (SSSR count). The van der Waals surface area contributed by atoms with Crippen LogP contribution in [0.25, 0.3) is 0 Å². The second-order valence-electron chi connectivity index (χ2n) is 9.16. The van der Waals surface area contributed by atoms with Crippen molar-refractivity contribution in [1.82, 2.24) is 20.1 Å². The van der Waals surface area contributed by atoms with Crippen molar-refractivity contribution in [2.24, 2.45) is 0 Å². The number of fused-ring (bicyclic) bond motifs is 1. The highest BCUT2D eigenvalue weighted by Crippen LogP contribution is 2.43. The second-order valence-corrected chi connectivity index (χ2v) is 9.16. The van der Waals surface area contributed by atoms with Crippen molar-refractivity contribution in [1.29, 1.82) is 5.26 Å². The maximum Gasteiger partial charge on any atom is 0.416 e. The molecule has 0 radical (unpaired) electrons. The summed E-state index contributed by atoms with van der Waals surface area (Å²) >= 11 is 0. The summed E-state index contributed by atoms with van der Waals surface area (Å²) in [5.74, 6) is -0.757. The number of carbonyl (C=O) groups excluding carboxylic acids is 1. The van der Waals surface area contributed by atoms with E-state index in [9.17, 15) is 28.0 Å². The first-order valence-electron chi connectivity index (χ1n) is 12.2. The third-order valence-electron chi connectivity index (χ3n) is 6.62. The van der Waals surface area contributed by atoms with Crippen LogP contribution < -0.4 is 15.9 Å². The number of nitrogens with zero attached hydrogens (tertiary/aromatic N) is 4. The molecule has 0 aliphatic carbocycles. The fourth-order valence-corrected chi connectivity index (χ4v) is 4.95. The zero-order chi connectivity index (χ0) is 28.5. The molecule has 1 aliphatic heterocycles. The molecule has 39 heavy (non-hydrogen) atoms. The number of rotatable bonds is 7. The molecule has 3 aromatic rings. The van der Waals surface area contributed by atoms with Crippen molar-refractivity contribution in [3.8, 4) is 6.07 Å². The van der Waals surface area contributed by atoms with E-state index < -0.39 is 29.4 Å². The minimum Gasteiger partial charge on any atom is -0.466 e. The van der Waals surface area contributed by atoms with E-state index in [-0.39, 0.29) is 28.9 Å². The van der Waals surface area contributed by atoms with Gasteiger partial charge in [0, 0.05) is 17.4 Å². The molecule has 0 saturated heterocycles. The van der Waals surface area contributed by atoms with E-state index in [1.165, 1.54) is 28.7 Å². The Morgan fingerprint density at radius 1 is 1.28 bits per heavy atom. The SMILES string of the molecule is CCNC(C)Cc1cc(C#N)ccc1[C@@H]1C(C(=O)OC)=C(C)N(c2cccc(C(F)(F)F)c2)c2n[nH]c(=O)n21. The summed E-state index contributed by atoms with van der Waals surface area (Å²) in [5, 5.41) is 19.3. The molecule has 0 saturated carbocycles. The van der Waals surface area contributed by atoms with Gasteiger partial charge in [-0.15, -0.1) is 5.10 Å². The second kappa shape index (κ2) is 10.8. The van der Waals surface area contributed by atoms with Crippen LogP contribution in [0, 0.1) is 11.3 Å². The normalized spacial score (nSPS) is 16.1. The molecule has 204 valence electrons. The first kappa shape index (κ1) is 27.7. The lowest BCUT2D eigenvalue weighted by Crippen LogP contribution is -2.38. The smallest absolute Gasteiger partial charge is 0.416 e. The minimum absolute atomic E-state index is 0.0000792. The number of hydrogen-bond donors (Lipinski definition) is 2. The van der Waals surface area contributed by atoms with Crippen molar-refractivity contribution in [3.05, 3.63) is 86.5 Å². The largest absolute Gasteiger partial charge is 0.466 e. The molecule has 0 bridgehead atoms. The zero-order valence-corrected chi connectivity index (χ0v) is 21.8. The fourth-order valence-electron chi connectivity index (χ4n) is 4.95. The van der Waals surface area contributed by atoms with E-state index in [1.54, 1.807) is 25.1 Å². The van der Waals surface area contributed by atoms with Crippen LogP contribution >= 0.6 is 0 Å². The van der Waals surface area contributed by atoms with E-state index in [2.05, 4.69) is 21.6 Å². The Labute approximate surface area is 222 Å². The molecular formula is C27H27F3N6O3. The van der Waals surface area contributed by atoms with Crippen molar-refractivity contribution < 1.29 is 22.7 Å². The van der Waals surface area contributed by atoms with E-state index in [4.69, 9.17) is 4.74 Å². The van der Waals surface area contributed by atoms with Gasteiger partial charge in [-0.25, -0.2) is 19.3 Å². The van der Waals surface area contributed by atoms with Gasteiger partial charge < -0.3 is 10.1 Å². The zero-order valence-electron chi connectivity index (χ0n) is 21.8. The van der Waals surface area contributed by atoms with Gasteiger partial charge in [0.05, 0.1) is 29.9 Å². The fraction of sp³-hybridized carbons (Fsp3) is 0.333. The topological polar surface area (TPSA) is 116 Å². The number of esters is 1. The Balaban J connectivity index is 2.00. The lowest BCUT2D eigenvalue weighted by molar-refractivity contribution is -0.138. The minimum atomic E-state index is -4.61. The third kappa shape index (κ3) is 5.18. The first-order chi connectivity index (χ1) is 18.5. The maximum absolute atomic E-state index is 13.5. The summed E-state index contributed by atoms with van der Waals surface area (Å²) in [6.07, 6.45) is -4.13. The Morgan fingerprint density at radius 3 is 2.67 bits per heavy atom. The summed E-state index contributed by atoms with van der Waals surface area (Å²) in [6, 6.07) is 10.6. The van der Waals surface area contributed by atoms with Gasteiger partial charge in [0.1, 0.15) is 6.04 Å². The van der Waals surface area contributed by atoms with Crippen LogP contribution in [0.15, 0.2) is 58.5 Å². The molecule has 1 aliphatic rings. The number of nitrogens with one attached hydrogen (secondary N) is 2. The number of anilines is 2. The van der Waals surface area contributed by atoms with Crippen LogP contribution in [0.3, 0.4) is 0 Å². The first-order valence-corrected chi connectivity index (χ1v) is 12.2.